The Morgan fingerprint density at radius 2 is 2.29 bits per heavy atom. The molecule has 1 saturated heterocycles. The van der Waals surface area contributed by atoms with Gasteiger partial charge in [-0.25, -0.2) is 0 Å². The van der Waals surface area contributed by atoms with Crippen LogP contribution in [0, 0.1) is 5.92 Å². The fraction of sp³-hybridized carbons (Fsp3) is 1.00. The van der Waals surface area contributed by atoms with Crippen molar-refractivity contribution in [2.75, 3.05) is 6.61 Å². The fourth-order valence-electron chi connectivity index (χ4n) is 2.80. The molecule has 0 amide bonds. The van der Waals surface area contributed by atoms with Crippen molar-refractivity contribution in [1.82, 2.24) is 0 Å². The molecule has 1 spiro atoms. The van der Waals surface area contributed by atoms with Crippen molar-refractivity contribution in [2.24, 2.45) is 5.92 Å². The maximum Gasteiger partial charge on any atom is 0.0685 e. The highest BCUT2D eigenvalue weighted by Gasteiger charge is 2.42. The van der Waals surface area contributed by atoms with Crippen LogP contribution in [0.4, 0.5) is 0 Å². The molecule has 2 atom stereocenters. The Labute approximate surface area is 86.6 Å². The van der Waals surface area contributed by atoms with Crippen molar-refractivity contribution < 1.29 is 9.84 Å². The fourth-order valence-corrected chi connectivity index (χ4v) is 2.80. The summed E-state index contributed by atoms with van der Waals surface area (Å²) in [6.07, 6.45) is 7.99. The van der Waals surface area contributed by atoms with Crippen LogP contribution in [0.15, 0.2) is 0 Å². The van der Waals surface area contributed by atoms with Gasteiger partial charge in [-0.3, -0.25) is 0 Å². The van der Waals surface area contributed by atoms with E-state index >= 15 is 0 Å². The molecule has 2 unspecified atom stereocenters. The van der Waals surface area contributed by atoms with Gasteiger partial charge in [0.05, 0.1) is 11.7 Å². The predicted octanol–water partition coefficient (Wildman–Crippen LogP) is 2.50. The molecule has 2 rings (SSSR count). The standard InChI is InChI=1S/C12H22O2/c1-2-11(13)8-10-4-7-14-12(9-10)5-3-6-12/h10-11,13H,2-9H2,1H3. The highest BCUT2D eigenvalue weighted by molar-refractivity contribution is 4.94. The minimum absolute atomic E-state index is 0.0878. The van der Waals surface area contributed by atoms with Gasteiger partial charge in [-0.2, -0.15) is 0 Å². The van der Waals surface area contributed by atoms with Crippen LogP contribution in [-0.4, -0.2) is 23.4 Å². The van der Waals surface area contributed by atoms with Crippen molar-refractivity contribution in [2.45, 2.75) is 63.6 Å². The molecule has 0 radical (unpaired) electrons. The lowest BCUT2D eigenvalue weighted by molar-refractivity contribution is -0.146. The van der Waals surface area contributed by atoms with Crippen LogP contribution < -0.4 is 0 Å². The van der Waals surface area contributed by atoms with Gasteiger partial charge in [0.15, 0.2) is 0 Å². The lowest BCUT2D eigenvalue weighted by Crippen LogP contribution is -2.45. The quantitative estimate of drug-likeness (QED) is 0.755. The van der Waals surface area contributed by atoms with E-state index in [1.807, 2.05) is 0 Å². The molecule has 2 aliphatic rings. The Bertz CT molecular complexity index is 187. The highest BCUT2D eigenvalue weighted by Crippen LogP contribution is 2.45. The Morgan fingerprint density at radius 1 is 1.50 bits per heavy atom. The molecule has 1 heterocycles. The van der Waals surface area contributed by atoms with E-state index in [-0.39, 0.29) is 11.7 Å². The largest absolute Gasteiger partial charge is 0.393 e. The van der Waals surface area contributed by atoms with Gasteiger partial charge >= 0.3 is 0 Å². The third-order valence-electron chi connectivity index (χ3n) is 3.94. The maximum atomic E-state index is 9.63. The minimum Gasteiger partial charge on any atom is -0.393 e. The number of hydrogen-bond acceptors (Lipinski definition) is 2. The first-order valence-corrected chi connectivity index (χ1v) is 6.06. The summed E-state index contributed by atoms with van der Waals surface area (Å²) in [5.41, 5.74) is 0.246. The Balaban J connectivity index is 1.82. The molecule has 1 aliphatic heterocycles. The molecule has 14 heavy (non-hydrogen) atoms. The summed E-state index contributed by atoms with van der Waals surface area (Å²) in [4.78, 5) is 0. The van der Waals surface area contributed by atoms with Gasteiger partial charge in [-0.15, -0.1) is 0 Å². The van der Waals surface area contributed by atoms with Crippen molar-refractivity contribution in [1.29, 1.82) is 0 Å². The van der Waals surface area contributed by atoms with Gasteiger partial charge in [-0.1, -0.05) is 6.92 Å². The topological polar surface area (TPSA) is 29.5 Å². The molecule has 0 aromatic rings. The molecule has 0 aromatic heterocycles. The van der Waals surface area contributed by atoms with Gasteiger partial charge in [0, 0.05) is 6.61 Å². The summed E-state index contributed by atoms with van der Waals surface area (Å²) in [5, 5.41) is 9.63. The number of rotatable bonds is 3. The number of aliphatic hydroxyl groups is 1. The molecular weight excluding hydrogens is 176 g/mol. The van der Waals surface area contributed by atoms with Crippen LogP contribution in [0.2, 0.25) is 0 Å². The zero-order valence-corrected chi connectivity index (χ0v) is 9.17. The van der Waals surface area contributed by atoms with E-state index < -0.39 is 0 Å². The van der Waals surface area contributed by atoms with E-state index in [0.717, 1.165) is 25.9 Å². The predicted molar refractivity (Wildman–Crippen MR) is 56.2 cm³/mol. The Morgan fingerprint density at radius 3 is 2.86 bits per heavy atom. The van der Waals surface area contributed by atoms with E-state index in [9.17, 15) is 5.11 Å². The lowest BCUT2D eigenvalue weighted by Gasteiger charge is -2.47. The molecule has 1 saturated carbocycles. The first kappa shape index (κ1) is 10.4. The van der Waals surface area contributed by atoms with E-state index in [1.54, 1.807) is 0 Å². The minimum atomic E-state index is -0.0878. The van der Waals surface area contributed by atoms with Crippen LogP contribution in [0.25, 0.3) is 0 Å². The summed E-state index contributed by atoms with van der Waals surface area (Å²) in [6, 6.07) is 0. The Hall–Kier alpha value is -0.0800. The third kappa shape index (κ3) is 2.12. The lowest BCUT2D eigenvalue weighted by atomic mass is 9.71. The van der Waals surface area contributed by atoms with E-state index in [2.05, 4.69) is 6.92 Å². The summed E-state index contributed by atoms with van der Waals surface area (Å²) < 4.78 is 5.87. The molecule has 2 heteroatoms. The molecule has 1 aliphatic carbocycles. The molecule has 1 N–H and O–H groups in total. The van der Waals surface area contributed by atoms with Crippen molar-refractivity contribution in [3.05, 3.63) is 0 Å². The number of ether oxygens (including phenoxy) is 1. The molecule has 2 nitrogen and oxygen atoms in total. The van der Waals surface area contributed by atoms with Crippen LogP contribution in [0.1, 0.15) is 51.9 Å². The van der Waals surface area contributed by atoms with Crippen molar-refractivity contribution >= 4 is 0 Å². The normalized spacial score (nSPS) is 32.6. The summed E-state index contributed by atoms with van der Waals surface area (Å²) in [7, 11) is 0. The van der Waals surface area contributed by atoms with Crippen molar-refractivity contribution in [3.8, 4) is 0 Å². The van der Waals surface area contributed by atoms with Crippen molar-refractivity contribution in [3.63, 3.8) is 0 Å². The zero-order chi connectivity index (χ0) is 10.0. The number of hydrogen-bond donors (Lipinski definition) is 1. The van der Waals surface area contributed by atoms with Gasteiger partial charge < -0.3 is 9.84 Å². The monoisotopic (exact) mass is 198 g/mol. The number of aliphatic hydroxyl groups excluding tert-OH is 1. The van der Waals surface area contributed by atoms with E-state index in [0.29, 0.717) is 5.92 Å². The van der Waals surface area contributed by atoms with E-state index in [1.165, 1.54) is 25.7 Å². The molecule has 82 valence electrons. The van der Waals surface area contributed by atoms with Crippen LogP contribution in [0.3, 0.4) is 0 Å². The second kappa shape index (κ2) is 4.19. The first-order chi connectivity index (χ1) is 6.74. The SMILES string of the molecule is CCC(O)CC1CCOC2(CCC2)C1. The first-order valence-electron chi connectivity index (χ1n) is 6.06. The molecule has 0 aromatic carbocycles. The van der Waals surface area contributed by atoms with Crippen LogP contribution in [-0.2, 0) is 4.74 Å². The van der Waals surface area contributed by atoms with Crippen LogP contribution in [0.5, 0.6) is 0 Å². The maximum absolute atomic E-state index is 9.63. The second-order valence-corrected chi connectivity index (χ2v) is 5.04. The average molecular weight is 198 g/mol. The smallest absolute Gasteiger partial charge is 0.0685 e. The van der Waals surface area contributed by atoms with Gasteiger partial charge in [-0.05, 0) is 50.9 Å². The summed E-state index contributed by atoms with van der Waals surface area (Å²) in [5.74, 6) is 0.707. The zero-order valence-electron chi connectivity index (χ0n) is 9.17. The molecule has 0 bridgehead atoms. The van der Waals surface area contributed by atoms with Gasteiger partial charge in [0.2, 0.25) is 0 Å². The van der Waals surface area contributed by atoms with Crippen LogP contribution >= 0.6 is 0 Å². The second-order valence-electron chi connectivity index (χ2n) is 5.04. The summed E-state index contributed by atoms with van der Waals surface area (Å²) in [6.45, 7) is 2.98. The van der Waals surface area contributed by atoms with Gasteiger partial charge in [0.25, 0.3) is 0 Å². The Kier molecular flexibility index (Phi) is 3.13. The summed E-state index contributed by atoms with van der Waals surface area (Å²) >= 11 is 0. The molecular formula is C12H22O2. The molecule has 2 fully saturated rings. The average Bonchev–Trinajstić information content (AvgIpc) is 2.16. The third-order valence-corrected chi connectivity index (χ3v) is 3.94. The van der Waals surface area contributed by atoms with Gasteiger partial charge in [0.1, 0.15) is 0 Å². The van der Waals surface area contributed by atoms with E-state index in [4.69, 9.17) is 4.74 Å². The highest BCUT2D eigenvalue weighted by atomic mass is 16.5.